The van der Waals surface area contributed by atoms with Crippen molar-refractivity contribution in [2.24, 2.45) is 39.9 Å². The fourth-order valence-corrected chi connectivity index (χ4v) is 8.94. The molecule has 2 heterocycles. The van der Waals surface area contributed by atoms with Gasteiger partial charge in [0.15, 0.2) is 0 Å². The van der Waals surface area contributed by atoms with Gasteiger partial charge < -0.3 is 23.4 Å². The van der Waals surface area contributed by atoms with Gasteiger partial charge in [-0.2, -0.15) is 0 Å². The Hall–Kier alpha value is -3.69. The molecule has 0 radical (unpaired) electrons. The van der Waals surface area contributed by atoms with E-state index < -0.39 is 64.3 Å². The van der Waals surface area contributed by atoms with Gasteiger partial charge in [0.05, 0.1) is 32.0 Å². The Bertz CT molecular complexity index is 1430. The summed E-state index contributed by atoms with van der Waals surface area (Å²) in [5.41, 5.74) is -0.727. The molecule has 1 saturated heterocycles. The third-order valence-electron chi connectivity index (χ3n) is 11.1. The van der Waals surface area contributed by atoms with Crippen molar-refractivity contribution in [2.75, 3.05) is 7.11 Å². The monoisotopic (exact) mass is 610 g/mol. The van der Waals surface area contributed by atoms with Crippen molar-refractivity contribution in [3.63, 3.8) is 0 Å². The Balaban J connectivity index is 1.72. The normalized spacial score (nSPS) is 36.5. The summed E-state index contributed by atoms with van der Waals surface area (Å²) in [6.07, 6.45) is 4.99. The van der Waals surface area contributed by atoms with E-state index in [1.54, 1.807) is 38.5 Å². The molecule has 0 unspecified atom stereocenters. The van der Waals surface area contributed by atoms with Crippen LogP contribution >= 0.6 is 0 Å². The van der Waals surface area contributed by atoms with Crippen LogP contribution in [0.25, 0.3) is 0 Å². The van der Waals surface area contributed by atoms with Crippen LogP contribution in [0.15, 0.2) is 46.3 Å². The Morgan fingerprint density at radius 2 is 1.80 bits per heavy atom. The fraction of sp³-hybridized carbons (Fsp3) is 0.618. The lowest BCUT2D eigenvalue weighted by Crippen LogP contribution is -2.69. The zero-order valence-corrected chi connectivity index (χ0v) is 26.6. The third-order valence-corrected chi connectivity index (χ3v) is 11.1. The first-order chi connectivity index (χ1) is 20.6. The van der Waals surface area contributed by atoms with Crippen LogP contribution in [0.3, 0.4) is 0 Å². The molecule has 0 aromatic carbocycles. The largest absolute Gasteiger partial charge is 0.472 e. The van der Waals surface area contributed by atoms with E-state index in [-0.39, 0.29) is 30.0 Å². The average molecular weight is 611 g/mol. The van der Waals surface area contributed by atoms with Crippen molar-refractivity contribution in [1.82, 2.24) is 0 Å². The van der Waals surface area contributed by atoms with Crippen LogP contribution in [0.2, 0.25) is 0 Å². The molecule has 10 nitrogen and oxygen atoms in total. The Kier molecular flexibility index (Phi) is 7.96. The lowest BCUT2D eigenvalue weighted by Gasteiger charge is -2.64. The number of allylic oxidation sites excluding steroid dienone is 2. The highest BCUT2D eigenvalue weighted by Crippen LogP contribution is 2.68. The van der Waals surface area contributed by atoms with E-state index in [2.05, 4.69) is 6.92 Å². The lowest BCUT2D eigenvalue weighted by molar-refractivity contribution is -0.214. The molecule has 2 saturated carbocycles. The number of ketones is 1. The number of rotatable bonds is 6. The summed E-state index contributed by atoms with van der Waals surface area (Å²) in [6, 6.07) is 1.80. The first-order valence-corrected chi connectivity index (χ1v) is 15.2. The Labute approximate surface area is 257 Å². The number of hydrogen-bond donors (Lipinski definition) is 0. The predicted molar refractivity (Wildman–Crippen MR) is 155 cm³/mol. The molecule has 0 N–H and O–H groups in total. The second kappa shape index (κ2) is 11.0. The molecule has 1 aliphatic heterocycles. The van der Waals surface area contributed by atoms with Gasteiger partial charge >= 0.3 is 23.9 Å². The first-order valence-electron chi connectivity index (χ1n) is 15.2. The van der Waals surface area contributed by atoms with Crippen LogP contribution < -0.4 is 0 Å². The van der Waals surface area contributed by atoms with Crippen LogP contribution in [0.4, 0.5) is 0 Å². The fourth-order valence-electron chi connectivity index (χ4n) is 8.94. The van der Waals surface area contributed by atoms with Gasteiger partial charge in [-0.25, -0.2) is 9.59 Å². The van der Waals surface area contributed by atoms with Gasteiger partial charge in [-0.3, -0.25) is 14.4 Å². The van der Waals surface area contributed by atoms with Crippen molar-refractivity contribution in [1.29, 1.82) is 0 Å². The molecule has 4 aliphatic rings. The van der Waals surface area contributed by atoms with Crippen molar-refractivity contribution in [3.8, 4) is 0 Å². The minimum atomic E-state index is -1.44. The molecular formula is C34H42O10. The molecule has 10 heteroatoms. The van der Waals surface area contributed by atoms with E-state index in [1.807, 2.05) is 26.8 Å². The number of carbonyl (C=O) groups is 5. The number of furan rings is 1. The maximum atomic E-state index is 14.7. The zero-order chi connectivity index (χ0) is 32.4. The van der Waals surface area contributed by atoms with Gasteiger partial charge in [-0.1, -0.05) is 45.4 Å². The molecule has 0 amide bonds. The van der Waals surface area contributed by atoms with E-state index in [9.17, 15) is 24.0 Å². The summed E-state index contributed by atoms with van der Waals surface area (Å²) in [4.78, 5) is 66.9. The quantitative estimate of drug-likeness (QED) is 0.186. The van der Waals surface area contributed by atoms with Crippen molar-refractivity contribution in [2.45, 2.75) is 86.0 Å². The summed E-state index contributed by atoms with van der Waals surface area (Å²) in [5.74, 6) is -5.07. The highest BCUT2D eigenvalue weighted by molar-refractivity contribution is 5.95. The average Bonchev–Trinajstić information content (AvgIpc) is 3.50. The van der Waals surface area contributed by atoms with Crippen molar-refractivity contribution < 1.29 is 47.3 Å². The number of cyclic esters (lactones) is 1. The van der Waals surface area contributed by atoms with Crippen molar-refractivity contribution >= 4 is 29.7 Å². The number of hydrogen-bond acceptors (Lipinski definition) is 10. The topological polar surface area (TPSA) is 135 Å². The van der Waals surface area contributed by atoms with Gasteiger partial charge in [-0.05, 0) is 44.6 Å². The molecule has 1 aromatic heterocycles. The van der Waals surface area contributed by atoms with Crippen LogP contribution in [-0.4, -0.2) is 49.0 Å². The summed E-state index contributed by atoms with van der Waals surface area (Å²) >= 11 is 0. The number of methoxy groups -OCH3 is 1. The first kappa shape index (κ1) is 31.7. The molecule has 44 heavy (non-hydrogen) atoms. The second-order valence-corrected chi connectivity index (χ2v) is 13.8. The maximum absolute atomic E-state index is 14.7. The number of esters is 4. The minimum Gasteiger partial charge on any atom is -0.472 e. The van der Waals surface area contributed by atoms with Crippen LogP contribution in [0.1, 0.15) is 79.4 Å². The maximum Gasteiger partial charge on any atom is 0.347 e. The van der Waals surface area contributed by atoms with Gasteiger partial charge in [0, 0.05) is 40.2 Å². The van der Waals surface area contributed by atoms with E-state index in [0.717, 1.165) is 11.1 Å². The summed E-state index contributed by atoms with van der Waals surface area (Å²) < 4.78 is 28.2. The highest BCUT2D eigenvalue weighted by Gasteiger charge is 2.71. The van der Waals surface area contributed by atoms with Crippen molar-refractivity contribution in [3.05, 3.63) is 47.5 Å². The molecule has 3 aliphatic carbocycles. The molecule has 238 valence electrons. The molecule has 0 spiro atoms. The number of fused-ring (bicyclic) bond motifs is 6. The van der Waals surface area contributed by atoms with E-state index in [0.29, 0.717) is 18.4 Å². The Morgan fingerprint density at radius 1 is 1.09 bits per heavy atom. The molecular weight excluding hydrogens is 568 g/mol. The number of Topliss-reactive ketones (excluding diaryl/α,β-unsaturated/α-hetero) is 1. The van der Waals surface area contributed by atoms with E-state index in [4.69, 9.17) is 23.4 Å². The Morgan fingerprint density at radius 3 is 2.39 bits per heavy atom. The molecule has 2 bridgehead atoms. The van der Waals surface area contributed by atoms with Gasteiger partial charge in [0.2, 0.25) is 6.10 Å². The van der Waals surface area contributed by atoms with Gasteiger partial charge in [-0.15, -0.1) is 0 Å². The van der Waals surface area contributed by atoms with Crippen LogP contribution in [0.5, 0.6) is 0 Å². The molecule has 3 fully saturated rings. The number of ether oxygens (including phenoxy) is 4. The zero-order valence-electron chi connectivity index (χ0n) is 26.6. The summed E-state index contributed by atoms with van der Waals surface area (Å²) in [5, 5.41) is 0. The minimum absolute atomic E-state index is 0.116. The van der Waals surface area contributed by atoms with Crippen LogP contribution in [-0.2, 0) is 42.9 Å². The van der Waals surface area contributed by atoms with E-state index in [1.165, 1.54) is 14.0 Å². The number of carbonyl (C=O) groups excluding carboxylic acids is 5. The molecule has 1 aromatic rings. The standard InChI is InChI=1S/C34H42O10/c1-9-17(2)30(38)44-29-21-14-20-22(10-12-33(6)23(20)15-24(36)43-28(33)19-11-13-41-16-19)34(7,27(21)37)26(32(29,4)5)25(31(39)40-8)42-18(3)35/h9,11,13-14,16,21-23,25-26,28-29H,10,12,15H2,1-8H3/t21-,22-,23+,25-,26+,28+,29+,33-,34-/m1/s1. The SMILES string of the molecule is CC=C(C)C(=O)O[C@H]1[C@@H]2C=C3[C@@H](CC[C@]4(C)[C@H]3CC(=O)O[C@H]4c3ccoc3)[C@@](C)(C2=O)[C@@H]([C@@H](OC(C)=O)C(=O)OC)C1(C)C. The molecule has 9 atom stereocenters. The second-order valence-electron chi connectivity index (χ2n) is 13.8. The van der Waals surface area contributed by atoms with Gasteiger partial charge in [0.25, 0.3) is 0 Å². The third kappa shape index (κ3) is 4.63. The molecule has 5 rings (SSSR count). The predicted octanol–water partition coefficient (Wildman–Crippen LogP) is 5.07. The summed E-state index contributed by atoms with van der Waals surface area (Å²) in [6.45, 7) is 12.2. The van der Waals surface area contributed by atoms with Crippen LogP contribution in [0, 0.1) is 39.9 Å². The smallest absolute Gasteiger partial charge is 0.347 e. The summed E-state index contributed by atoms with van der Waals surface area (Å²) in [7, 11) is 1.20. The van der Waals surface area contributed by atoms with Gasteiger partial charge in [0.1, 0.15) is 18.0 Å². The van der Waals surface area contributed by atoms with E-state index >= 15 is 0 Å². The lowest BCUT2D eigenvalue weighted by atomic mass is 9.40. The highest BCUT2D eigenvalue weighted by atomic mass is 16.6.